The molecular formula is C13H18O. The van der Waals surface area contributed by atoms with Crippen LogP contribution in [0, 0.1) is 0 Å². The largest absolute Gasteiger partial charge is 0.393 e. The lowest BCUT2D eigenvalue weighted by molar-refractivity contribution is 0.171. The quantitative estimate of drug-likeness (QED) is 0.760. The van der Waals surface area contributed by atoms with E-state index in [0.29, 0.717) is 5.92 Å². The molecule has 0 bridgehead atoms. The van der Waals surface area contributed by atoms with Gasteiger partial charge in [0, 0.05) is 0 Å². The van der Waals surface area contributed by atoms with Crippen LogP contribution in [0.4, 0.5) is 0 Å². The molecule has 1 heteroatoms. The van der Waals surface area contributed by atoms with Crippen molar-refractivity contribution in [2.24, 2.45) is 0 Å². The van der Waals surface area contributed by atoms with Gasteiger partial charge in [-0.25, -0.2) is 0 Å². The monoisotopic (exact) mass is 190 g/mol. The fourth-order valence-corrected chi connectivity index (χ4v) is 2.51. The van der Waals surface area contributed by atoms with Crippen LogP contribution < -0.4 is 0 Å². The first-order chi connectivity index (χ1) is 6.77. The van der Waals surface area contributed by atoms with Crippen LogP contribution in [0.5, 0.6) is 0 Å². The number of aryl methyl sites for hydroxylation is 1. The van der Waals surface area contributed by atoms with Crippen LogP contribution in [0.25, 0.3) is 0 Å². The van der Waals surface area contributed by atoms with Crippen LogP contribution in [-0.4, -0.2) is 11.2 Å². The first-order valence-corrected chi connectivity index (χ1v) is 5.53. The number of benzene rings is 1. The molecule has 0 saturated heterocycles. The molecule has 0 radical (unpaired) electrons. The number of hydrogen-bond acceptors (Lipinski definition) is 1. The minimum atomic E-state index is -0.175. The molecule has 1 unspecified atom stereocenters. The van der Waals surface area contributed by atoms with Gasteiger partial charge in [0.1, 0.15) is 0 Å². The molecule has 14 heavy (non-hydrogen) atoms. The lowest BCUT2D eigenvalue weighted by atomic mass is 9.80. The highest BCUT2D eigenvalue weighted by atomic mass is 16.3. The normalized spacial score (nSPS) is 22.9. The predicted octanol–water partition coefficient (Wildman–Crippen LogP) is 2.88. The average molecular weight is 190 g/mol. The molecule has 2 rings (SSSR count). The Kier molecular flexibility index (Phi) is 2.87. The van der Waals surface area contributed by atoms with Crippen LogP contribution in [0.3, 0.4) is 0 Å². The maximum absolute atomic E-state index is 9.43. The summed E-state index contributed by atoms with van der Waals surface area (Å²) in [7, 11) is 0. The Bertz CT molecular complexity index is 304. The molecule has 1 aliphatic rings. The van der Waals surface area contributed by atoms with Crippen molar-refractivity contribution in [1.82, 2.24) is 0 Å². The highest BCUT2D eigenvalue weighted by Crippen LogP contribution is 2.34. The maximum atomic E-state index is 9.43. The van der Waals surface area contributed by atoms with Gasteiger partial charge < -0.3 is 5.11 Å². The van der Waals surface area contributed by atoms with Gasteiger partial charge in [0.05, 0.1) is 6.10 Å². The molecule has 0 aliphatic heterocycles. The van der Waals surface area contributed by atoms with Crippen molar-refractivity contribution in [3.63, 3.8) is 0 Å². The molecule has 0 fully saturated rings. The third kappa shape index (κ3) is 1.98. The molecule has 0 aromatic heterocycles. The zero-order valence-electron chi connectivity index (χ0n) is 8.74. The van der Waals surface area contributed by atoms with E-state index in [1.165, 1.54) is 30.4 Å². The van der Waals surface area contributed by atoms with E-state index in [0.717, 1.165) is 6.42 Å². The lowest BCUT2D eigenvalue weighted by Crippen LogP contribution is -2.14. The molecule has 1 nitrogen and oxygen atoms in total. The van der Waals surface area contributed by atoms with E-state index < -0.39 is 0 Å². The Morgan fingerprint density at radius 1 is 1.43 bits per heavy atom. The Hall–Kier alpha value is -0.820. The van der Waals surface area contributed by atoms with Crippen molar-refractivity contribution < 1.29 is 5.11 Å². The molecule has 2 atom stereocenters. The molecule has 1 aromatic rings. The molecule has 1 aliphatic carbocycles. The second-order valence-corrected chi connectivity index (χ2v) is 4.37. The zero-order valence-corrected chi connectivity index (χ0v) is 8.74. The number of fused-ring (bicyclic) bond motifs is 1. The summed E-state index contributed by atoms with van der Waals surface area (Å²) < 4.78 is 0. The minimum absolute atomic E-state index is 0.175. The van der Waals surface area contributed by atoms with Gasteiger partial charge in [-0.15, -0.1) is 0 Å². The van der Waals surface area contributed by atoms with Crippen LogP contribution in [0.15, 0.2) is 24.3 Å². The van der Waals surface area contributed by atoms with Crippen molar-refractivity contribution in [3.8, 4) is 0 Å². The topological polar surface area (TPSA) is 20.2 Å². The second kappa shape index (κ2) is 4.14. The van der Waals surface area contributed by atoms with E-state index in [2.05, 4.69) is 24.3 Å². The number of rotatable bonds is 2. The van der Waals surface area contributed by atoms with Gasteiger partial charge in [0.25, 0.3) is 0 Å². The third-order valence-electron chi connectivity index (χ3n) is 3.12. The Balaban J connectivity index is 2.22. The van der Waals surface area contributed by atoms with Gasteiger partial charge in [-0.1, -0.05) is 24.3 Å². The van der Waals surface area contributed by atoms with Gasteiger partial charge in [-0.05, 0) is 49.7 Å². The summed E-state index contributed by atoms with van der Waals surface area (Å²) in [5.74, 6) is 0.583. The van der Waals surface area contributed by atoms with E-state index >= 15 is 0 Å². The highest BCUT2D eigenvalue weighted by molar-refractivity contribution is 5.32. The van der Waals surface area contributed by atoms with E-state index in [1.54, 1.807) is 0 Å². The first kappa shape index (κ1) is 9.72. The van der Waals surface area contributed by atoms with Gasteiger partial charge in [0.2, 0.25) is 0 Å². The number of aliphatic hydroxyl groups is 1. The van der Waals surface area contributed by atoms with E-state index in [9.17, 15) is 5.11 Å². The summed E-state index contributed by atoms with van der Waals surface area (Å²) >= 11 is 0. The SMILES string of the molecule is C[C@@H](O)CC1CCCc2ccccc21. The van der Waals surface area contributed by atoms with Gasteiger partial charge in [-0.2, -0.15) is 0 Å². The second-order valence-electron chi connectivity index (χ2n) is 4.37. The predicted molar refractivity (Wildman–Crippen MR) is 58.4 cm³/mol. The number of aliphatic hydroxyl groups excluding tert-OH is 1. The van der Waals surface area contributed by atoms with Crippen LogP contribution in [0.1, 0.15) is 43.2 Å². The van der Waals surface area contributed by atoms with Crippen LogP contribution >= 0.6 is 0 Å². The molecule has 0 amide bonds. The lowest BCUT2D eigenvalue weighted by Gasteiger charge is -2.26. The zero-order chi connectivity index (χ0) is 9.97. The Labute approximate surface area is 85.8 Å². The first-order valence-electron chi connectivity index (χ1n) is 5.53. The average Bonchev–Trinajstić information content (AvgIpc) is 2.18. The molecular weight excluding hydrogens is 172 g/mol. The van der Waals surface area contributed by atoms with Crippen molar-refractivity contribution in [2.45, 2.75) is 44.6 Å². The molecule has 0 saturated carbocycles. The molecule has 0 heterocycles. The van der Waals surface area contributed by atoms with Gasteiger partial charge in [-0.3, -0.25) is 0 Å². The summed E-state index contributed by atoms with van der Waals surface area (Å²) in [4.78, 5) is 0. The highest BCUT2D eigenvalue weighted by Gasteiger charge is 2.20. The van der Waals surface area contributed by atoms with Gasteiger partial charge in [0.15, 0.2) is 0 Å². The van der Waals surface area contributed by atoms with Crippen LogP contribution in [0.2, 0.25) is 0 Å². The number of hydrogen-bond donors (Lipinski definition) is 1. The molecule has 1 N–H and O–H groups in total. The Morgan fingerprint density at radius 2 is 2.21 bits per heavy atom. The van der Waals surface area contributed by atoms with Crippen molar-refractivity contribution in [1.29, 1.82) is 0 Å². The fraction of sp³-hybridized carbons (Fsp3) is 0.538. The van der Waals surface area contributed by atoms with E-state index in [4.69, 9.17) is 0 Å². The van der Waals surface area contributed by atoms with Crippen molar-refractivity contribution >= 4 is 0 Å². The summed E-state index contributed by atoms with van der Waals surface area (Å²) in [6.07, 6.45) is 4.46. The van der Waals surface area contributed by atoms with Crippen molar-refractivity contribution in [2.75, 3.05) is 0 Å². The summed E-state index contributed by atoms with van der Waals surface area (Å²) in [6, 6.07) is 8.67. The molecule has 0 spiro atoms. The molecule has 1 aromatic carbocycles. The summed E-state index contributed by atoms with van der Waals surface area (Å²) in [5.41, 5.74) is 2.96. The minimum Gasteiger partial charge on any atom is -0.393 e. The van der Waals surface area contributed by atoms with Crippen LogP contribution in [-0.2, 0) is 6.42 Å². The Morgan fingerprint density at radius 3 is 3.00 bits per heavy atom. The van der Waals surface area contributed by atoms with E-state index in [1.807, 2.05) is 6.92 Å². The molecule has 76 valence electrons. The fourth-order valence-electron chi connectivity index (χ4n) is 2.51. The smallest absolute Gasteiger partial charge is 0.0517 e. The standard InChI is InChI=1S/C13H18O/c1-10(14)9-12-7-4-6-11-5-2-3-8-13(11)12/h2-3,5,8,10,12,14H,4,6-7,9H2,1H3/t10-,12?/m1/s1. The summed E-state index contributed by atoms with van der Waals surface area (Å²) in [5, 5.41) is 9.43. The van der Waals surface area contributed by atoms with E-state index in [-0.39, 0.29) is 6.10 Å². The third-order valence-corrected chi connectivity index (χ3v) is 3.12. The van der Waals surface area contributed by atoms with Crippen molar-refractivity contribution in [3.05, 3.63) is 35.4 Å². The maximum Gasteiger partial charge on any atom is 0.0517 e. The van der Waals surface area contributed by atoms with Gasteiger partial charge >= 0.3 is 0 Å². The summed E-state index contributed by atoms with van der Waals surface area (Å²) in [6.45, 7) is 1.89.